The number of hydrogen-bond donors (Lipinski definition) is 1. The molecule has 1 N–H and O–H groups in total. The third kappa shape index (κ3) is 3.83. The van der Waals surface area contributed by atoms with E-state index in [2.05, 4.69) is 33.8 Å². The Hall–Kier alpha value is -1.16. The minimum Gasteiger partial charge on any atom is -0.462 e. The van der Waals surface area contributed by atoms with Gasteiger partial charge in [0.15, 0.2) is 0 Å². The molecule has 0 radical (unpaired) electrons. The van der Waals surface area contributed by atoms with Crippen molar-refractivity contribution in [2.45, 2.75) is 105 Å². The van der Waals surface area contributed by atoms with Crippen molar-refractivity contribution < 1.29 is 14.6 Å². The number of aliphatic hydroxyl groups excluding tert-OH is 1. The van der Waals surface area contributed by atoms with Crippen LogP contribution in [-0.4, -0.2) is 35.5 Å². The molecule has 3 saturated carbocycles. The minimum atomic E-state index is -0.154. The number of rotatable bonds is 3. The Balaban J connectivity index is 1.47. The van der Waals surface area contributed by atoms with E-state index < -0.39 is 0 Å². The van der Waals surface area contributed by atoms with E-state index in [1.165, 1.54) is 30.5 Å². The van der Waals surface area contributed by atoms with Gasteiger partial charge >= 0.3 is 5.97 Å². The van der Waals surface area contributed by atoms with Crippen LogP contribution in [0.4, 0.5) is 0 Å². The van der Waals surface area contributed by atoms with Crippen LogP contribution in [0.5, 0.6) is 0 Å². The average molecular weight is 456 g/mol. The number of fused-ring (bicyclic) bond motifs is 5. The fraction of sp³-hybridized carbons (Fsp3) is 0.862. The third-order valence-electron chi connectivity index (χ3n) is 11.0. The number of nitrogens with zero attached hydrogens (tertiary/aromatic N) is 1. The largest absolute Gasteiger partial charge is 0.462 e. The molecule has 1 aliphatic heterocycles. The molecule has 4 aliphatic carbocycles. The Morgan fingerprint density at radius 2 is 2.00 bits per heavy atom. The van der Waals surface area contributed by atoms with Crippen LogP contribution in [-0.2, 0) is 9.53 Å². The van der Waals surface area contributed by atoms with Gasteiger partial charge in [-0.3, -0.25) is 9.79 Å². The molecule has 0 amide bonds. The van der Waals surface area contributed by atoms with Crippen LogP contribution >= 0.6 is 0 Å². The molecule has 3 fully saturated rings. The van der Waals surface area contributed by atoms with E-state index in [-0.39, 0.29) is 29.0 Å². The van der Waals surface area contributed by atoms with Crippen LogP contribution < -0.4 is 0 Å². The summed E-state index contributed by atoms with van der Waals surface area (Å²) in [7, 11) is 0. The quantitative estimate of drug-likeness (QED) is 0.421. The molecule has 0 aromatic rings. The first-order valence-electron chi connectivity index (χ1n) is 13.7. The van der Waals surface area contributed by atoms with Crippen molar-refractivity contribution >= 4 is 11.7 Å². The lowest BCUT2D eigenvalue weighted by atomic mass is 9.47. The van der Waals surface area contributed by atoms with Gasteiger partial charge in [-0.1, -0.05) is 39.3 Å². The molecule has 10 atom stereocenters. The zero-order valence-electron chi connectivity index (χ0n) is 21.5. The van der Waals surface area contributed by atoms with Gasteiger partial charge in [-0.15, -0.1) is 0 Å². The fourth-order valence-electron chi connectivity index (χ4n) is 9.31. The van der Waals surface area contributed by atoms with Gasteiger partial charge in [0.2, 0.25) is 0 Å². The highest BCUT2D eigenvalue weighted by atomic mass is 16.5. The topological polar surface area (TPSA) is 58.9 Å². The van der Waals surface area contributed by atoms with Gasteiger partial charge in [0.1, 0.15) is 6.10 Å². The molecule has 0 aromatic carbocycles. The highest BCUT2D eigenvalue weighted by Crippen LogP contribution is 2.67. The Morgan fingerprint density at radius 1 is 1.21 bits per heavy atom. The molecular formula is C29H45NO3. The molecule has 184 valence electrons. The second kappa shape index (κ2) is 8.50. The smallest absolute Gasteiger partial charge is 0.302 e. The molecule has 1 unspecified atom stereocenters. The van der Waals surface area contributed by atoms with Crippen molar-refractivity contribution in [3.63, 3.8) is 0 Å². The lowest BCUT2D eigenvalue weighted by Crippen LogP contribution is -2.51. The van der Waals surface area contributed by atoms with Gasteiger partial charge in [-0.25, -0.2) is 0 Å². The summed E-state index contributed by atoms with van der Waals surface area (Å²) in [5, 5.41) is 10.3. The predicted molar refractivity (Wildman–Crippen MR) is 132 cm³/mol. The van der Waals surface area contributed by atoms with E-state index in [9.17, 15) is 9.90 Å². The number of ether oxygens (including phenoxy) is 1. The zero-order chi connectivity index (χ0) is 23.5. The first kappa shape index (κ1) is 23.6. The number of hydrogen-bond acceptors (Lipinski definition) is 4. The lowest BCUT2D eigenvalue weighted by molar-refractivity contribution is -0.149. The van der Waals surface area contributed by atoms with Crippen molar-refractivity contribution in [1.29, 1.82) is 0 Å². The molecule has 5 aliphatic rings. The Bertz CT molecular complexity index is 848. The number of carbonyl (C=O) groups excluding carboxylic acids is 1. The number of carbonyl (C=O) groups is 1. The summed E-state index contributed by atoms with van der Waals surface area (Å²) in [4.78, 5) is 17.2. The monoisotopic (exact) mass is 455 g/mol. The first-order valence-corrected chi connectivity index (χ1v) is 13.7. The highest BCUT2D eigenvalue weighted by Gasteiger charge is 2.63. The van der Waals surface area contributed by atoms with Crippen LogP contribution in [0.15, 0.2) is 16.6 Å². The maximum atomic E-state index is 12.2. The second-order valence-corrected chi connectivity index (χ2v) is 12.9. The summed E-state index contributed by atoms with van der Waals surface area (Å²) in [5.41, 5.74) is 3.34. The van der Waals surface area contributed by atoms with Crippen molar-refractivity contribution in [1.82, 2.24) is 0 Å². The standard InChI is InChI=1S/C29H45NO3/c1-17-6-9-25(30-16-17)18(2)27-26(33-19(3)31)15-24-22-8-7-20-14-21(32)10-12-28(20,4)23(22)11-13-29(24,27)5/h7,17-18,21-24,26-27,32H,6,8-16H2,1-5H3/t17?,18-,21+,22-,23+,24+,26-,27+,28+,29+/m1/s1. The van der Waals surface area contributed by atoms with Crippen molar-refractivity contribution in [2.24, 2.45) is 51.3 Å². The molecular weight excluding hydrogens is 410 g/mol. The Kier molecular flexibility index (Phi) is 6.07. The normalized spacial score (nSPS) is 48.0. The van der Waals surface area contributed by atoms with Crippen LogP contribution in [0, 0.1) is 46.3 Å². The van der Waals surface area contributed by atoms with Crippen molar-refractivity contribution in [3.05, 3.63) is 11.6 Å². The SMILES string of the molecule is CC(=O)O[C@@H]1C[C@H]2[C@@H]3CC=C4C[C@@H](O)CC[C@]4(C)[C@H]3CC[C@]2(C)[C@H]1[C@H](C)C1=NCC(C)CC1. The number of aliphatic hydroxyl groups is 1. The molecule has 0 saturated heterocycles. The van der Waals surface area contributed by atoms with E-state index >= 15 is 0 Å². The number of esters is 1. The van der Waals surface area contributed by atoms with Gasteiger partial charge in [0.05, 0.1) is 6.10 Å². The summed E-state index contributed by atoms with van der Waals surface area (Å²) >= 11 is 0. The molecule has 33 heavy (non-hydrogen) atoms. The summed E-state index contributed by atoms with van der Waals surface area (Å²) in [6, 6.07) is 0. The van der Waals surface area contributed by atoms with Crippen LogP contribution in [0.3, 0.4) is 0 Å². The maximum Gasteiger partial charge on any atom is 0.302 e. The van der Waals surface area contributed by atoms with Gasteiger partial charge in [-0.2, -0.15) is 0 Å². The molecule has 4 heteroatoms. The molecule has 0 aromatic heterocycles. The Labute approximate surface area is 200 Å². The van der Waals surface area contributed by atoms with E-state index in [0.717, 1.165) is 45.1 Å². The second-order valence-electron chi connectivity index (χ2n) is 12.9. The third-order valence-corrected chi connectivity index (χ3v) is 11.0. The van der Waals surface area contributed by atoms with Crippen LogP contribution in [0.2, 0.25) is 0 Å². The van der Waals surface area contributed by atoms with E-state index in [0.29, 0.717) is 35.5 Å². The van der Waals surface area contributed by atoms with E-state index in [1.54, 1.807) is 6.92 Å². The van der Waals surface area contributed by atoms with Crippen LogP contribution in [0.1, 0.15) is 92.4 Å². The highest BCUT2D eigenvalue weighted by molar-refractivity contribution is 5.87. The Morgan fingerprint density at radius 3 is 2.70 bits per heavy atom. The fourth-order valence-corrected chi connectivity index (χ4v) is 9.31. The van der Waals surface area contributed by atoms with Crippen molar-refractivity contribution in [3.8, 4) is 0 Å². The number of aliphatic imine (C=N–C) groups is 1. The summed E-state index contributed by atoms with van der Waals surface area (Å²) in [6.45, 7) is 12.2. The number of allylic oxidation sites excluding steroid dienone is 1. The lowest BCUT2D eigenvalue weighted by Gasteiger charge is -2.58. The van der Waals surface area contributed by atoms with Crippen molar-refractivity contribution in [2.75, 3.05) is 6.54 Å². The maximum absolute atomic E-state index is 12.2. The van der Waals surface area contributed by atoms with Gasteiger partial charge in [0.25, 0.3) is 0 Å². The molecule has 0 bridgehead atoms. The molecule has 5 rings (SSSR count). The van der Waals surface area contributed by atoms with E-state index in [1.807, 2.05) is 0 Å². The molecule has 1 heterocycles. The summed E-state index contributed by atoms with van der Waals surface area (Å²) in [5.74, 6) is 3.26. The predicted octanol–water partition coefficient (Wildman–Crippen LogP) is 5.97. The van der Waals surface area contributed by atoms with Crippen LogP contribution in [0.25, 0.3) is 0 Å². The summed E-state index contributed by atoms with van der Waals surface area (Å²) < 4.78 is 6.10. The van der Waals surface area contributed by atoms with Gasteiger partial charge in [-0.05, 0) is 92.3 Å². The summed E-state index contributed by atoms with van der Waals surface area (Å²) in [6.07, 6.45) is 12.3. The molecule has 0 spiro atoms. The molecule has 4 nitrogen and oxygen atoms in total. The van der Waals surface area contributed by atoms with Gasteiger partial charge in [0, 0.05) is 31.0 Å². The average Bonchev–Trinajstić information content (AvgIpc) is 3.05. The van der Waals surface area contributed by atoms with E-state index in [4.69, 9.17) is 9.73 Å². The van der Waals surface area contributed by atoms with Gasteiger partial charge < -0.3 is 9.84 Å². The minimum absolute atomic E-state index is 0.0136. The zero-order valence-corrected chi connectivity index (χ0v) is 21.5. The first-order chi connectivity index (χ1) is 15.6.